The van der Waals surface area contributed by atoms with Crippen LogP contribution in [0.4, 0.5) is 9.18 Å². The zero-order valence-corrected chi connectivity index (χ0v) is 21.1. The number of hydrazine groups is 1. The van der Waals surface area contributed by atoms with E-state index in [0.717, 1.165) is 24.8 Å². The van der Waals surface area contributed by atoms with Gasteiger partial charge in [-0.15, -0.1) is 6.42 Å². The molecule has 1 aromatic rings. The topological polar surface area (TPSA) is 85.4 Å². The van der Waals surface area contributed by atoms with Crippen LogP contribution < -0.4 is 5.32 Å². The summed E-state index contributed by atoms with van der Waals surface area (Å²) in [7, 11) is 0. The Morgan fingerprint density at radius 3 is 2.64 bits per heavy atom. The number of piperazine rings is 1. The lowest BCUT2D eigenvalue weighted by Gasteiger charge is -2.55. The Balaban J connectivity index is 1.83. The quantitative estimate of drug-likeness (QED) is 0.371. The number of nitrogens with zero attached hydrogens (tertiary/aromatic N) is 4. The second kappa shape index (κ2) is 13.2. The minimum Gasteiger partial charge on any atom is -0.367 e. The lowest BCUT2D eigenvalue weighted by Crippen LogP contribution is -2.76. The van der Waals surface area contributed by atoms with E-state index in [-0.39, 0.29) is 56.5 Å². The van der Waals surface area contributed by atoms with E-state index in [1.807, 2.05) is 6.92 Å². The van der Waals surface area contributed by atoms with E-state index in [9.17, 15) is 18.8 Å². The van der Waals surface area contributed by atoms with Crippen molar-refractivity contribution in [2.75, 3.05) is 39.4 Å². The van der Waals surface area contributed by atoms with Crippen LogP contribution in [-0.2, 0) is 20.9 Å². The molecule has 2 atom stereocenters. The predicted molar refractivity (Wildman–Crippen MR) is 133 cm³/mol. The van der Waals surface area contributed by atoms with Crippen molar-refractivity contribution in [2.45, 2.75) is 58.3 Å². The Kier molecular flexibility index (Phi) is 10.1. The number of halogens is 1. The minimum atomic E-state index is -0.642. The van der Waals surface area contributed by atoms with Crippen molar-refractivity contribution in [1.29, 1.82) is 0 Å². The lowest BCUT2D eigenvalue weighted by molar-refractivity contribution is -0.190. The predicted octanol–water partition coefficient (Wildman–Crippen LogP) is 2.18. The lowest BCUT2D eigenvalue weighted by atomic mass is 10.0. The molecule has 2 heterocycles. The summed E-state index contributed by atoms with van der Waals surface area (Å²) in [6.07, 6.45) is 7.89. The highest BCUT2D eigenvalue weighted by atomic mass is 19.1. The molecule has 1 N–H and O–H groups in total. The number of urea groups is 1. The van der Waals surface area contributed by atoms with E-state index in [4.69, 9.17) is 11.2 Å². The molecule has 1 aromatic carbocycles. The van der Waals surface area contributed by atoms with Crippen LogP contribution >= 0.6 is 0 Å². The van der Waals surface area contributed by atoms with Crippen LogP contribution in [0.25, 0.3) is 0 Å². The Morgan fingerprint density at radius 1 is 1.22 bits per heavy atom. The standard InChI is InChI=1S/C26H36FN5O4/c1-4-7-8-9-22-25(34)29(14-16-36-15-5-2)18-23-31(22)24(33)19-30(6-3)32(23)26(35)28-17-20-10-12-21(27)13-11-20/h2,10-13,22-23H,4,6-9,14-19H2,1,3H3,(H,28,35)/t22-,23-/m0/s1. The smallest absolute Gasteiger partial charge is 0.334 e. The Hall–Kier alpha value is -3.16. The first-order valence-electron chi connectivity index (χ1n) is 12.6. The minimum absolute atomic E-state index is 0.0137. The van der Waals surface area contributed by atoms with Gasteiger partial charge in [-0.2, -0.15) is 0 Å². The van der Waals surface area contributed by atoms with Gasteiger partial charge in [-0.05, 0) is 24.1 Å². The number of carbonyl (C=O) groups excluding carboxylic acids is 3. The van der Waals surface area contributed by atoms with Crippen molar-refractivity contribution in [1.82, 2.24) is 25.1 Å². The summed E-state index contributed by atoms with van der Waals surface area (Å²) in [5.41, 5.74) is 0.751. The summed E-state index contributed by atoms with van der Waals surface area (Å²) < 4.78 is 18.6. The number of carbonyl (C=O) groups is 3. The third kappa shape index (κ3) is 6.53. The summed E-state index contributed by atoms with van der Waals surface area (Å²) >= 11 is 0. The Labute approximate surface area is 212 Å². The highest BCUT2D eigenvalue weighted by Gasteiger charge is 2.50. The molecule has 0 spiro atoms. The number of nitrogens with one attached hydrogen (secondary N) is 1. The Bertz CT molecular complexity index is 951. The number of hydrogen-bond acceptors (Lipinski definition) is 5. The average Bonchev–Trinajstić information content (AvgIpc) is 2.87. The second-order valence-corrected chi connectivity index (χ2v) is 8.94. The fourth-order valence-electron chi connectivity index (χ4n) is 4.70. The molecule has 9 nitrogen and oxygen atoms in total. The van der Waals surface area contributed by atoms with Crippen molar-refractivity contribution in [3.8, 4) is 12.3 Å². The molecular weight excluding hydrogens is 465 g/mol. The number of amides is 4. The largest absolute Gasteiger partial charge is 0.367 e. The van der Waals surface area contributed by atoms with Crippen molar-refractivity contribution in [3.63, 3.8) is 0 Å². The fourth-order valence-corrected chi connectivity index (χ4v) is 4.70. The van der Waals surface area contributed by atoms with Crippen molar-refractivity contribution >= 4 is 17.8 Å². The first-order chi connectivity index (χ1) is 17.4. The number of fused-ring (bicyclic) bond motifs is 1. The van der Waals surface area contributed by atoms with E-state index in [1.54, 1.807) is 32.0 Å². The van der Waals surface area contributed by atoms with Gasteiger partial charge in [-0.25, -0.2) is 19.2 Å². The van der Waals surface area contributed by atoms with Crippen molar-refractivity contribution in [3.05, 3.63) is 35.6 Å². The van der Waals surface area contributed by atoms with Crippen LogP contribution in [0, 0.1) is 18.2 Å². The van der Waals surface area contributed by atoms with Crippen LogP contribution in [0.3, 0.4) is 0 Å². The zero-order chi connectivity index (χ0) is 26.1. The van der Waals surface area contributed by atoms with Gasteiger partial charge in [0, 0.05) is 19.6 Å². The molecule has 36 heavy (non-hydrogen) atoms. The molecule has 2 aliphatic rings. The molecule has 196 valence electrons. The summed E-state index contributed by atoms with van der Waals surface area (Å²) in [5.74, 6) is 1.77. The average molecular weight is 502 g/mol. The summed E-state index contributed by atoms with van der Waals surface area (Å²) in [6.45, 7) is 5.54. The number of unbranched alkanes of at least 4 members (excludes halogenated alkanes) is 2. The van der Waals surface area contributed by atoms with Gasteiger partial charge < -0.3 is 19.9 Å². The fraction of sp³-hybridized carbons (Fsp3) is 0.577. The number of rotatable bonds is 11. The van der Waals surface area contributed by atoms with Crippen LogP contribution in [0.1, 0.15) is 45.1 Å². The van der Waals surface area contributed by atoms with E-state index >= 15 is 0 Å². The summed E-state index contributed by atoms with van der Waals surface area (Å²) in [5, 5.41) is 6.15. The highest BCUT2D eigenvalue weighted by molar-refractivity contribution is 5.91. The normalized spacial score (nSPS) is 20.3. The van der Waals surface area contributed by atoms with Gasteiger partial charge in [0.1, 0.15) is 24.6 Å². The van der Waals surface area contributed by atoms with E-state index in [1.165, 1.54) is 12.1 Å². The molecule has 4 amide bonds. The first kappa shape index (κ1) is 27.4. The number of benzene rings is 1. The molecule has 0 bridgehead atoms. The number of likely N-dealkylation sites (N-methyl/N-ethyl adjacent to an activating group) is 1. The number of terminal acetylenes is 1. The maximum absolute atomic E-state index is 13.4. The van der Waals surface area contributed by atoms with E-state index in [0.29, 0.717) is 19.5 Å². The molecular formula is C26H36FN5O4. The second-order valence-electron chi connectivity index (χ2n) is 8.94. The molecule has 2 saturated heterocycles. The zero-order valence-electron chi connectivity index (χ0n) is 21.1. The van der Waals surface area contributed by atoms with Gasteiger partial charge in [-0.3, -0.25) is 9.59 Å². The third-order valence-electron chi connectivity index (χ3n) is 6.53. The monoisotopic (exact) mass is 501 g/mol. The molecule has 0 saturated carbocycles. The molecule has 0 radical (unpaired) electrons. The van der Waals surface area contributed by atoms with Gasteiger partial charge in [0.15, 0.2) is 0 Å². The van der Waals surface area contributed by atoms with Crippen LogP contribution in [-0.4, -0.2) is 89.3 Å². The number of hydrogen-bond donors (Lipinski definition) is 1. The van der Waals surface area contributed by atoms with Gasteiger partial charge in [0.2, 0.25) is 11.8 Å². The van der Waals surface area contributed by atoms with Gasteiger partial charge in [0.25, 0.3) is 0 Å². The van der Waals surface area contributed by atoms with Gasteiger partial charge >= 0.3 is 6.03 Å². The molecule has 10 heteroatoms. The molecule has 0 aromatic heterocycles. The number of ether oxygens (including phenoxy) is 1. The highest BCUT2D eigenvalue weighted by Crippen LogP contribution is 2.28. The van der Waals surface area contributed by atoms with Gasteiger partial charge in [-0.1, -0.05) is 51.2 Å². The molecule has 3 rings (SSSR count). The molecule has 2 fully saturated rings. The van der Waals surface area contributed by atoms with E-state index < -0.39 is 12.2 Å². The third-order valence-corrected chi connectivity index (χ3v) is 6.53. The van der Waals surface area contributed by atoms with Crippen LogP contribution in [0.5, 0.6) is 0 Å². The summed E-state index contributed by atoms with van der Waals surface area (Å²) in [6, 6.07) is 4.89. The molecule has 0 aliphatic carbocycles. The van der Waals surface area contributed by atoms with Gasteiger partial charge in [0.05, 0.1) is 19.7 Å². The maximum Gasteiger partial charge on any atom is 0.334 e. The van der Waals surface area contributed by atoms with E-state index in [2.05, 4.69) is 18.2 Å². The maximum atomic E-state index is 13.4. The van der Waals surface area contributed by atoms with Crippen LogP contribution in [0.2, 0.25) is 0 Å². The summed E-state index contributed by atoms with van der Waals surface area (Å²) in [4.78, 5) is 43.4. The molecule has 2 aliphatic heterocycles. The first-order valence-corrected chi connectivity index (χ1v) is 12.6. The van der Waals surface area contributed by atoms with Crippen molar-refractivity contribution < 1.29 is 23.5 Å². The van der Waals surface area contributed by atoms with Crippen LogP contribution in [0.15, 0.2) is 24.3 Å². The SMILES string of the molecule is C#CCOCCN1C[C@H]2N(C(=O)CN(CC)N2C(=O)NCc2ccc(F)cc2)[C@@H](CCCCC)C1=O. The Morgan fingerprint density at radius 2 is 1.97 bits per heavy atom. The van der Waals surface area contributed by atoms with Crippen molar-refractivity contribution in [2.24, 2.45) is 0 Å². The molecule has 0 unspecified atom stereocenters.